The fourth-order valence-electron chi connectivity index (χ4n) is 1.42. The van der Waals surface area contributed by atoms with Gasteiger partial charge < -0.3 is 5.32 Å². The molecule has 0 spiro atoms. The molecule has 2 aromatic rings. The number of amides is 1. The molecule has 19 heavy (non-hydrogen) atoms. The summed E-state index contributed by atoms with van der Waals surface area (Å²) < 4.78 is 0.633. The summed E-state index contributed by atoms with van der Waals surface area (Å²) >= 11 is 3.25. The quantitative estimate of drug-likeness (QED) is 0.695. The number of nitrogens with one attached hydrogen (secondary N) is 1. The first kappa shape index (κ1) is 13.2. The Morgan fingerprint density at radius 3 is 2.79 bits per heavy atom. The van der Waals surface area contributed by atoms with E-state index in [-0.39, 0.29) is 11.3 Å². The lowest BCUT2D eigenvalue weighted by Gasteiger charge is -2.05. The van der Waals surface area contributed by atoms with E-state index in [0.29, 0.717) is 10.3 Å². The van der Waals surface area contributed by atoms with Crippen LogP contribution in [-0.4, -0.2) is 15.8 Å². The molecule has 0 radical (unpaired) electrons. The molecule has 0 bridgehead atoms. The molecule has 1 amide bonds. The van der Waals surface area contributed by atoms with Crippen LogP contribution in [0.4, 0.5) is 11.5 Å². The van der Waals surface area contributed by atoms with Crippen molar-refractivity contribution in [1.29, 1.82) is 0 Å². The number of carbonyl (C=O) groups is 1. The van der Waals surface area contributed by atoms with Crippen LogP contribution < -0.4 is 5.32 Å². The van der Waals surface area contributed by atoms with Gasteiger partial charge in [-0.3, -0.25) is 14.9 Å². The Kier molecular flexibility index (Phi) is 3.86. The van der Waals surface area contributed by atoms with Gasteiger partial charge in [-0.1, -0.05) is 6.07 Å². The van der Waals surface area contributed by atoms with Gasteiger partial charge in [0.15, 0.2) is 0 Å². The number of halogens is 1. The predicted molar refractivity (Wildman–Crippen MR) is 73.0 cm³/mol. The van der Waals surface area contributed by atoms with Gasteiger partial charge in [-0.2, -0.15) is 0 Å². The van der Waals surface area contributed by atoms with Gasteiger partial charge in [-0.25, -0.2) is 4.98 Å². The van der Waals surface area contributed by atoms with Gasteiger partial charge in [0.1, 0.15) is 5.82 Å². The molecule has 0 saturated heterocycles. The molecule has 6 nitrogen and oxygen atoms in total. The van der Waals surface area contributed by atoms with Crippen molar-refractivity contribution in [1.82, 2.24) is 4.98 Å². The SMILES string of the molecule is O=C(Nc1ncccc1Br)c1cccc([N+](=O)[O-])c1. The van der Waals surface area contributed by atoms with Gasteiger partial charge in [-0.05, 0) is 34.1 Å². The molecule has 0 saturated carbocycles. The molecule has 0 fully saturated rings. The minimum absolute atomic E-state index is 0.132. The summed E-state index contributed by atoms with van der Waals surface area (Å²) in [6.07, 6.45) is 1.54. The van der Waals surface area contributed by atoms with Crippen LogP contribution in [0.15, 0.2) is 47.1 Å². The smallest absolute Gasteiger partial charge is 0.270 e. The number of nitro groups is 1. The molecule has 0 unspecified atom stereocenters. The molecule has 0 aliphatic carbocycles. The third-order valence-electron chi connectivity index (χ3n) is 2.31. The number of anilines is 1. The number of nitrogens with zero attached hydrogens (tertiary/aromatic N) is 2. The number of carbonyl (C=O) groups excluding carboxylic acids is 1. The molecule has 1 aromatic heterocycles. The van der Waals surface area contributed by atoms with Crippen molar-refractivity contribution >= 4 is 33.3 Å². The molecule has 0 aliphatic rings. The summed E-state index contributed by atoms with van der Waals surface area (Å²) in [6.45, 7) is 0. The van der Waals surface area contributed by atoms with Gasteiger partial charge >= 0.3 is 0 Å². The summed E-state index contributed by atoms with van der Waals surface area (Å²) in [7, 11) is 0. The predicted octanol–water partition coefficient (Wildman–Crippen LogP) is 3.00. The normalized spacial score (nSPS) is 9.95. The average molecular weight is 322 g/mol. The fourth-order valence-corrected chi connectivity index (χ4v) is 1.77. The minimum atomic E-state index is -0.548. The maximum Gasteiger partial charge on any atom is 0.270 e. The molecule has 96 valence electrons. The van der Waals surface area contributed by atoms with E-state index >= 15 is 0 Å². The number of hydrogen-bond acceptors (Lipinski definition) is 4. The molecular formula is C12H8BrN3O3. The van der Waals surface area contributed by atoms with Crippen LogP contribution >= 0.6 is 15.9 Å². The summed E-state index contributed by atoms with van der Waals surface area (Å²) in [6, 6.07) is 8.95. The fraction of sp³-hybridized carbons (Fsp3) is 0. The van der Waals surface area contributed by atoms with Crippen LogP contribution in [0.3, 0.4) is 0 Å². The Bertz CT molecular complexity index is 646. The maximum atomic E-state index is 11.9. The maximum absolute atomic E-state index is 11.9. The average Bonchev–Trinajstić information content (AvgIpc) is 2.41. The van der Waals surface area contributed by atoms with E-state index < -0.39 is 10.8 Å². The van der Waals surface area contributed by atoms with E-state index in [4.69, 9.17) is 0 Å². The van der Waals surface area contributed by atoms with Crippen molar-refractivity contribution in [3.05, 3.63) is 62.7 Å². The number of nitro benzene ring substituents is 1. The summed E-state index contributed by atoms with van der Waals surface area (Å²) in [5.74, 6) is -0.0953. The van der Waals surface area contributed by atoms with Crippen LogP contribution in [0.5, 0.6) is 0 Å². The Labute approximate surface area is 116 Å². The molecule has 7 heteroatoms. The molecule has 0 atom stereocenters. The van der Waals surface area contributed by atoms with Crippen molar-refractivity contribution in [2.24, 2.45) is 0 Å². The van der Waals surface area contributed by atoms with E-state index in [9.17, 15) is 14.9 Å². The monoisotopic (exact) mass is 321 g/mol. The van der Waals surface area contributed by atoms with E-state index in [1.807, 2.05) is 0 Å². The number of non-ortho nitro benzene ring substituents is 1. The Hall–Kier alpha value is -2.28. The third kappa shape index (κ3) is 3.14. The number of pyridine rings is 1. The highest BCUT2D eigenvalue weighted by Crippen LogP contribution is 2.20. The second-order valence-electron chi connectivity index (χ2n) is 3.60. The summed E-state index contributed by atoms with van der Waals surface area (Å²) in [4.78, 5) is 26.0. The molecule has 2 rings (SSSR count). The number of hydrogen-bond donors (Lipinski definition) is 1. The topological polar surface area (TPSA) is 85.1 Å². The lowest BCUT2D eigenvalue weighted by atomic mass is 10.2. The zero-order valence-electron chi connectivity index (χ0n) is 9.54. The Balaban J connectivity index is 2.23. The first-order chi connectivity index (χ1) is 9.08. The first-order valence-corrected chi connectivity index (χ1v) is 6.03. The van der Waals surface area contributed by atoms with E-state index in [2.05, 4.69) is 26.2 Å². The van der Waals surface area contributed by atoms with Gasteiger partial charge in [-0.15, -0.1) is 0 Å². The molecule has 0 aliphatic heterocycles. The number of benzene rings is 1. The number of rotatable bonds is 3. The summed E-state index contributed by atoms with van der Waals surface area (Å²) in [5, 5.41) is 13.2. The van der Waals surface area contributed by atoms with Crippen molar-refractivity contribution < 1.29 is 9.72 Å². The number of aromatic nitrogens is 1. The van der Waals surface area contributed by atoms with Gasteiger partial charge in [0.25, 0.3) is 11.6 Å². The zero-order valence-corrected chi connectivity index (χ0v) is 11.1. The second kappa shape index (κ2) is 5.57. The minimum Gasteiger partial charge on any atom is -0.306 e. The lowest BCUT2D eigenvalue weighted by Crippen LogP contribution is -2.13. The van der Waals surface area contributed by atoms with Crippen LogP contribution in [0, 0.1) is 10.1 Å². The second-order valence-corrected chi connectivity index (χ2v) is 4.45. The van der Waals surface area contributed by atoms with Crippen molar-refractivity contribution in [2.45, 2.75) is 0 Å². The van der Waals surface area contributed by atoms with Gasteiger partial charge in [0, 0.05) is 23.9 Å². The van der Waals surface area contributed by atoms with Crippen LogP contribution in [0.1, 0.15) is 10.4 Å². The molecular weight excluding hydrogens is 314 g/mol. The Morgan fingerprint density at radius 2 is 2.11 bits per heavy atom. The van der Waals surface area contributed by atoms with Crippen LogP contribution in [-0.2, 0) is 0 Å². The van der Waals surface area contributed by atoms with Crippen molar-refractivity contribution in [3.63, 3.8) is 0 Å². The van der Waals surface area contributed by atoms with Crippen LogP contribution in [0.25, 0.3) is 0 Å². The van der Waals surface area contributed by atoms with E-state index in [1.54, 1.807) is 12.1 Å². The molecule has 1 aromatic carbocycles. The molecule has 1 N–H and O–H groups in total. The largest absolute Gasteiger partial charge is 0.306 e. The zero-order chi connectivity index (χ0) is 13.8. The lowest BCUT2D eigenvalue weighted by molar-refractivity contribution is -0.384. The molecule has 1 heterocycles. The highest BCUT2D eigenvalue weighted by atomic mass is 79.9. The highest BCUT2D eigenvalue weighted by Gasteiger charge is 2.12. The van der Waals surface area contributed by atoms with Crippen molar-refractivity contribution in [2.75, 3.05) is 5.32 Å². The van der Waals surface area contributed by atoms with Crippen LogP contribution in [0.2, 0.25) is 0 Å². The summed E-state index contributed by atoms with van der Waals surface area (Å²) in [5.41, 5.74) is 0.0690. The van der Waals surface area contributed by atoms with E-state index in [1.165, 1.54) is 30.5 Å². The standard InChI is InChI=1S/C12H8BrN3O3/c13-10-5-2-6-14-11(10)15-12(17)8-3-1-4-9(7-8)16(18)19/h1-7H,(H,14,15,17). The third-order valence-corrected chi connectivity index (χ3v) is 2.95. The van der Waals surface area contributed by atoms with Crippen molar-refractivity contribution in [3.8, 4) is 0 Å². The van der Waals surface area contributed by atoms with E-state index in [0.717, 1.165) is 0 Å². The first-order valence-electron chi connectivity index (χ1n) is 5.24. The Morgan fingerprint density at radius 1 is 1.32 bits per heavy atom. The van der Waals surface area contributed by atoms with Gasteiger partial charge in [0.05, 0.1) is 9.40 Å². The van der Waals surface area contributed by atoms with Gasteiger partial charge in [0.2, 0.25) is 0 Å². The highest BCUT2D eigenvalue weighted by molar-refractivity contribution is 9.10.